The molecule has 1 unspecified atom stereocenters. The molecule has 136 valence electrons. The van der Waals surface area contributed by atoms with Crippen molar-refractivity contribution in [3.63, 3.8) is 0 Å². The molecule has 0 saturated carbocycles. The predicted molar refractivity (Wildman–Crippen MR) is 97.8 cm³/mol. The molecule has 6 nitrogen and oxygen atoms in total. The summed E-state index contributed by atoms with van der Waals surface area (Å²) in [7, 11) is -1.86. The molecule has 1 aromatic rings. The van der Waals surface area contributed by atoms with Crippen molar-refractivity contribution in [2.45, 2.75) is 49.5 Å². The summed E-state index contributed by atoms with van der Waals surface area (Å²) in [5.41, 5.74) is -0.574. The van der Waals surface area contributed by atoms with Gasteiger partial charge in [-0.15, -0.1) is 11.3 Å². The minimum Gasteiger partial charge on any atom is -0.444 e. The van der Waals surface area contributed by atoms with Crippen LogP contribution in [0.2, 0.25) is 0 Å². The Morgan fingerprint density at radius 1 is 1.42 bits per heavy atom. The third-order valence-electron chi connectivity index (χ3n) is 3.73. The summed E-state index contributed by atoms with van der Waals surface area (Å²) in [5.74, 6) is 0. The summed E-state index contributed by atoms with van der Waals surface area (Å²) in [6.45, 7) is 6.19. The lowest BCUT2D eigenvalue weighted by Gasteiger charge is -2.37. The molecule has 0 N–H and O–H groups in total. The van der Waals surface area contributed by atoms with Crippen molar-refractivity contribution in [3.05, 3.63) is 15.9 Å². The number of thiophene rings is 1. The van der Waals surface area contributed by atoms with Crippen molar-refractivity contribution in [2.75, 3.05) is 20.1 Å². The molecule has 2 rings (SSSR count). The monoisotopic (exact) mass is 438 g/mol. The molecule has 0 aromatic carbocycles. The molecule has 1 fully saturated rings. The van der Waals surface area contributed by atoms with Crippen molar-refractivity contribution >= 4 is 43.4 Å². The molecule has 0 radical (unpaired) electrons. The second-order valence-corrected chi connectivity index (χ2v) is 11.4. The van der Waals surface area contributed by atoms with Crippen LogP contribution in [0, 0.1) is 0 Å². The van der Waals surface area contributed by atoms with Crippen molar-refractivity contribution < 1.29 is 17.9 Å². The second-order valence-electron chi connectivity index (χ2n) is 6.81. The van der Waals surface area contributed by atoms with Gasteiger partial charge in [0.2, 0.25) is 0 Å². The number of hydrogen-bond donors (Lipinski definition) is 0. The molecular formula is C15H23BrN2O4S2. The number of hydrogen-bond acceptors (Lipinski definition) is 5. The fourth-order valence-corrected chi connectivity index (χ4v) is 6.18. The van der Waals surface area contributed by atoms with Crippen LogP contribution in [0.4, 0.5) is 4.79 Å². The number of amides is 1. The average Bonchev–Trinajstić information content (AvgIpc) is 2.92. The van der Waals surface area contributed by atoms with Crippen LogP contribution in [-0.4, -0.2) is 55.5 Å². The zero-order valence-electron chi connectivity index (χ0n) is 14.3. The van der Waals surface area contributed by atoms with Crippen LogP contribution in [0.25, 0.3) is 0 Å². The summed E-state index contributed by atoms with van der Waals surface area (Å²) >= 11 is 4.49. The van der Waals surface area contributed by atoms with Gasteiger partial charge in [-0.05, 0) is 61.7 Å². The van der Waals surface area contributed by atoms with E-state index in [1.807, 2.05) is 20.8 Å². The minimum absolute atomic E-state index is 0.188. The van der Waals surface area contributed by atoms with Gasteiger partial charge in [-0.25, -0.2) is 13.2 Å². The molecule has 9 heteroatoms. The van der Waals surface area contributed by atoms with Gasteiger partial charge in [-0.2, -0.15) is 4.31 Å². The highest BCUT2D eigenvalue weighted by molar-refractivity contribution is 9.11. The van der Waals surface area contributed by atoms with Crippen LogP contribution >= 0.6 is 27.3 Å². The Bertz CT molecular complexity index is 697. The van der Waals surface area contributed by atoms with E-state index in [1.54, 1.807) is 19.2 Å². The van der Waals surface area contributed by atoms with E-state index in [0.29, 0.717) is 17.2 Å². The summed E-state index contributed by atoms with van der Waals surface area (Å²) in [4.78, 5) is 13.7. The highest BCUT2D eigenvalue weighted by Crippen LogP contribution is 2.30. The third-order valence-corrected chi connectivity index (χ3v) is 7.69. The second kappa shape index (κ2) is 7.31. The number of carbonyl (C=O) groups is 1. The van der Waals surface area contributed by atoms with Gasteiger partial charge >= 0.3 is 6.09 Å². The van der Waals surface area contributed by atoms with E-state index < -0.39 is 21.7 Å². The average molecular weight is 439 g/mol. The Kier molecular flexibility index (Phi) is 5.99. The maximum Gasteiger partial charge on any atom is 0.410 e. The van der Waals surface area contributed by atoms with Crippen LogP contribution in [0.15, 0.2) is 20.1 Å². The lowest BCUT2D eigenvalue weighted by Crippen LogP contribution is -2.51. The first kappa shape index (κ1) is 19.7. The quantitative estimate of drug-likeness (QED) is 0.723. The zero-order chi connectivity index (χ0) is 18.1. The summed E-state index contributed by atoms with van der Waals surface area (Å²) < 4.78 is 33.4. The molecule has 0 bridgehead atoms. The van der Waals surface area contributed by atoms with Gasteiger partial charge in [0, 0.05) is 26.2 Å². The van der Waals surface area contributed by atoms with E-state index in [9.17, 15) is 13.2 Å². The maximum absolute atomic E-state index is 12.7. The number of nitrogens with zero attached hydrogens (tertiary/aromatic N) is 2. The summed E-state index contributed by atoms with van der Waals surface area (Å²) in [6, 6.07) is 3.14. The highest BCUT2D eigenvalue weighted by Gasteiger charge is 2.35. The van der Waals surface area contributed by atoms with Crippen molar-refractivity contribution in [1.82, 2.24) is 9.21 Å². The first-order valence-electron chi connectivity index (χ1n) is 7.72. The smallest absolute Gasteiger partial charge is 0.410 e. The summed E-state index contributed by atoms with van der Waals surface area (Å²) in [6.07, 6.45) is 1.05. The molecular weight excluding hydrogens is 416 g/mol. The number of sulfonamides is 1. The molecule has 1 aromatic heterocycles. The number of carbonyl (C=O) groups excluding carboxylic acids is 1. The number of likely N-dealkylation sites (N-methyl/N-ethyl adjacent to an activating group) is 1. The Morgan fingerprint density at radius 2 is 2.08 bits per heavy atom. The molecule has 0 aliphatic carbocycles. The van der Waals surface area contributed by atoms with E-state index >= 15 is 0 Å². The van der Waals surface area contributed by atoms with Crippen LogP contribution in [0.5, 0.6) is 0 Å². The largest absolute Gasteiger partial charge is 0.444 e. The van der Waals surface area contributed by atoms with Gasteiger partial charge in [0.05, 0.1) is 3.79 Å². The molecule has 0 spiro atoms. The van der Waals surface area contributed by atoms with E-state index in [0.717, 1.165) is 10.2 Å². The fraction of sp³-hybridized carbons (Fsp3) is 0.667. The van der Waals surface area contributed by atoms with E-state index in [-0.39, 0.29) is 12.6 Å². The molecule has 24 heavy (non-hydrogen) atoms. The van der Waals surface area contributed by atoms with Crippen LogP contribution < -0.4 is 0 Å². The van der Waals surface area contributed by atoms with Gasteiger partial charge in [-0.1, -0.05) is 0 Å². The molecule has 2 heterocycles. The van der Waals surface area contributed by atoms with Crippen molar-refractivity contribution in [3.8, 4) is 0 Å². The SMILES string of the molecule is CN(C(=O)OC(C)(C)C)C1CCCN(S(=O)(=O)c2ccc(Br)s2)C1. The van der Waals surface area contributed by atoms with E-state index in [2.05, 4.69) is 15.9 Å². The standard InChI is InChI=1S/C15H23BrN2O4S2/c1-15(2,3)22-14(19)17(4)11-6-5-9-18(10-11)24(20,21)13-8-7-12(16)23-13/h7-8,11H,5-6,9-10H2,1-4H3. The molecule has 1 aliphatic rings. The number of rotatable bonds is 3. The summed E-state index contributed by atoms with van der Waals surface area (Å²) in [5, 5.41) is 0. The van der Waals surface area contributed by atoms with Gasteiger partial charge in [0.25, 0.3) is 10.0 Å². The van der Waals surface area contributed by atoms with Crippen LogP contribution in [0.3, 0.4) is 0 Å². The zero-order valence-corrected chi connectivity index (χ0v) is 17.5. The predicted octanol–water partition coefficient (Wildman–Crippen LogP) is 3.53. The first-order valence-corrected chi connectivity index (χ1v) is 10.8. The molecule has 1 atom stereocenters. The van der Waals surface area contributed by atoms with Crippen molar-refractivity contribution in [2.24, 2.45) is 0 Å². The van der Waals surface area contributed by atoms with Crippen LogP contribution in [-0.2, 0) is 14.8 Å². The Labute approximate surface area is 156 Å². The Morgan fingerprint density at radius 3 is 2.62 bits per heavy atom. The molecule has 1 saturated heterocycles. The van der Waals surface area contributed by atoms with E-state index in [1.165, 1.54) is 20.5 Å². The van der Waals surface area contributed by atoms with Gasteiger partial charge < -0.3 is 9.64 Å². The first-order chi connectivity index (χ1) is 11.0. The molecule has 1 aliphatic heterocycles. The van der Waals surface area contributed by atoms with Gasteiger partial charge in [0.15, 0.2) is 0 Å². The van der Waals surface area contributed by atoms with E-state index in [4.69, 9.17) is 4.74 Å². The highest BCUT2D eigenvalue weighted by atomic mass is 79.9. The van der Waals surface area contributed by atoms with Crippen molar-refractivity contribution in [1.29, 1.82) is 0 Å². The number of halogens is 1. The van der Waals surface area contributed by atoms with Gasteiger partial charge in [-0.3, -0.25) is 0 Å². The number of piperidine rings is 1. The lowest BCUT2D eigenvalue weighted by molar-refractivity contribution is 0.0173. The minimum atomic E-state index is -3.53. The Balaban J connectivity index is 2.10. The van der Waals surface area contributed by atoms with Gasteiger partial charge in [0.1, 0.15) is 9.81 Å². The number of ether oxygens (including phenoxy) is 1. The normalized spacial score (nSPS) is 20.0. The maximum atomic E-state index is 12.7. The molecule has 1 amide bonds. The Hall–Kier alpha value is -0.640. The third kappa shape index (κ3) is 4.71. The van der Waals surface area contributed by atoms with Crippen LogP contribution in [0.1, 0.15) is 33.6 Å². The fourth-order valence-electron chi connectivity index (χ4n) is 2.50. The topological polar surface area (TPSA) is 66.9 Å². The lowest BCUT2D eigenvalue weighted by atomic mass is 10.1.